The average Bonchev–Trinajstić information content (AvgIpc) is 3.10. The summed E-state index contributed by atoms with van der Waals surface area (Å²) in [6, 6.07) is 11.1. The zero-order valence-corrected chi connectivity index (χ0v) is 13.9. The summed E-state index contributed by atoms with van der Waals surface area (Å²) in [5.74, 6) is 1.59. The van der Waals surface area contributed by atoms with Gasteiger partial charge >= 0.3 is 6.03 Å². The van der Waals surface area contributed by atoms with Crippen molar-refractivity contribution in [3.63, 3.8) is 0 Å². The zero-order chi connectivity index (χ0) is 16.2. The second kappa shape index (κ2) is 6.75. The lowest BCUT2D eigenvalue weighted by Crippen LogP contribution is -2.21. The van der Waals surface area contributed by atoms with E-state index in [0.29, 0.717) is 6.61 Å². The monoisotopic (exact) mass is 329 g/mol. The van der Waals surface area contributed by atoms with E-state index in [1.807, 2.05) is 37.3 Å². The van der Waals surface area contributed by atoms with Crippen molar-refractivity contribution in [2.24, 2.45) is 0 Å². The maximum absolute atomic E-state index is 12.2. The summed E-state index contributed by atoms with van der Waals surface area (Å²) in [6.07, 6.45) is 0. The van der Waals surface area contributed by atoms with Gasteiger partial charge in [0.1, 0.15) is 11.6 Å². The molecular formula is C17H19N3O2S. The van der Waals surface area contributed by atoms with E-state index in [2.05, 4.69) is 33.6 Å². The molecule has 0 bridgehead atoms. The summed E-state index contributed by atoms with van der Waals surface area (Å²) < 4.78 is 8.64. The molecule has 0 radical (unpaired) electrons. The van der Waals surface area contributed by atoms with Gasteiger partial charge in [-0.25, -0.2) is 4.79 Å². The Bertz CT molecular complexity index is 805. The summed E-state index contributed by atoms with van der Waals surface area (Å²) in [5, 5.41) is 7.80. The van der Waals surface area contributed by atoms with Crippen LogP contribution in [0.2, 0.25) is 0 Å². The number of nitrogens with zero attached hydrogens (tertiary/aromatic N) is 1. The lowest BCUT2D eigenvalue weighted by atomic mass is 10.3. The highest BCUT2D eigenvalue weighted by Gasteiger charge is 2.11. The number of fused-ring (bicyclic) bond motifs is 1. The second-order valence-corrected chi connectivity index (χ2v) is 5.93. The molecule has 2 N–H and O–H groups in total. The molecule has 0 saturated heterocycles. The van der Waals surface area contributed by atoms with Crippen LogP contribution in [0, 0.1) is 0 Å². The lowest BCUT2D eigenvalue weighted by molar-refractivity contribution is 0.262. The van der Waals surface area contributed by atoms with Gasteiger partial charge < -0.3 is 14.6 Å². The molecule has 0 atom stereocenters. The molecule has 6 heteroatoms. The Morgan fingerprint density at radius 1 is 1.17 bits per heavy atom. The fourth-order valence-electron chi connectivity index (χ4n) is 2.50. The molecule has 0 aliphatic carbocycles. The van der Waals surface area contributed by atoms with Crippen molar-refractivity contribution in [1.82, 2.24) is 4.57 Å². The molecule has 0 aliphatic heterocycles. The molecule has 3 aromatic rings. The number of thiophene rings is 1. The number of nitrogens with one attached hydrogen (secondary N) is 2. The van der Waals surface area contributed by atoms with Gasteiger partial charge in [-0.05, 0) is 55.6 Å². The minimum Gasteiger partial charge on any atom is -0.494 e. The van der Waals surface area contributed by atoms with E-state index in [4.69, 9.17) is 4.74 Å². The van der Waals surface area contributed by atoms with Gasteiger partial charge in [0.05, 0.1) is 16.8 Å². The van der Waals surface area contributed by atoms with Crippen LogP contribution in [0.25, 0.3) is 10.2 Å². The molecule has 0 spiro atoms. The SMILES string of the molecule is CCOc1ccc(NC(=O)Nc2cc3sccc3n2CC)cc1. The quantitative estimate of drug-likeness (QED) is 0.708. The summed E-state index contributed by atoms with van der Waals surface area (Å²) in [4.78, 5) is 12.2. The number of anilines is 2. The number of carbonyl (C=O) groups excluding carboxylic acids is 1. The van der Waals surface area contributed by atoms with Crippen LogP contribution in [-0.2, 0) is 6.54 Å². The van der Waals surface area contributed by atoms with Crippen molar-refractivity contribution >= 4 is 39.1 Å². The number of benzene rings is 1. The Labute approximate surface area is 138 Å². The van der Waals surface area contributed by atoms with Crippen molar-refractivity contribution in [2.45, 2.75) is 20.4 Å². The third kappa shape index (κ3) is 3.32. The molecule has 0 fully saturated rings. The number of aromatic nitrogens is 1. The Morgan fingerprint density at radius 3 is 2.65 bits per heavy atom. The Hall–Kier alpha value is -2.47. The molecule has 120 valence electrons. The van der Waals surface area contributed by atoms with Gasteiger partial charge in [-0.1, -0.05) is 0 Å². The predicted molar refractivity (Wildman–Crippen MR) is 95.7 cm³/mol. The maximum atomic E-state index is 12.2. The third-order valence-electron chi connectivity index (χ3n) is 3.50. The van der Waals surface area contributed by atoms with Crippen molar-refractivity contribution in [2.75, 3.05) is 17.2 Å². The van der Waals surface area contributed by atoms with Crippen molar-refractivity contribution < 1.29 is 9.53 Å². The number of aryl methyl sites for hydroxylation is 1. The summed E-state index contributed by atoms with van der Waals surface area (Å²) in [5.41, 5.74) is 1.87. The largest absolute Gasteiger partial charge is 0.494 e. The average molecular weight is 329 g/mol. The summed E-state index contributed by atoms with van der Waals surface area (Å²) in [7, 11) is 0. The van der Waals surface area contributed by atoms with Crippen LogP contribution < -0.4 is 15.4 Å². The maximum Gasteiger partial charge on any atom is 0.324 e. The van der Waals surface area contributed by atoms with E-state index in [9.17, 15) is 4.79 Å². The van der Waals surface area contributed by atoms with Crippen LogP contribution in [0.1, 0.15) is 13.8 Å². The first kappa shape index (κ1) is 15.4. The number of urea groups is 1. The van der Waals surface area contributed by atoms with Gasteiger partial charge in [-0.15, -0.1) is 11.3 Å². The Kier molecular flexibility index (Phi) is 4.52. The van der Waals surface area contributed by atoms with Gasteiger partial charge in [-0.3, -0.25) is 5.32 Å². The van der Waals surface area contributed by atoms with Crippen molar-refractivity contribution in [1.29, 1.82) is 0 Å². The summed E-state index contributed by atoms with van der Waals surface area (Å²) in [6.45, 7) is 5.43. The van der Waals surface area contributed by atoms with E-state index < -0.39 is 0 Å². The highest BCUT2D eigenvalue weighted by molar-refractivity contribution is 7.17. The van der Waals surface area contributed by atoms with Crippen LogP contribution in [-0.4, -0.2) is 17.2 Å². The smallest absolute Gasteiger partial charge is 0.324 e. The fourth-order valence-corrected chi connectivity index (χ4v) is 3.32. The van der Waals surface area contributed by atoms with Gasteiger partial charge in [0.2, 0.25) is 0 Å². The van der Waals surface area contributed by atoms with Crippen molar-refractivity contribution in [3.05, 3.63) is 41.8 Å². The first-order valence-corrected chi connectivity index (χ1v) is 8.46. The van der Waals surface area contributed by atoms with Crippen LogP contribution in [0.15, 0.2) is 41.8 Å². The van der Waals surface area contributed by atoms with E-state index in [1.165, 1.54) is 4.70 Å². The topological polar surface area (TPSA) is 55.3 Å². The predicted octanol–water partition coefficient (Wildman–Crippen LogP) is 4.77. The fraction of sp³-hybridized carbons (Fsp3) is 0.235. The van der Waals surface area contributed by atoms with Gasteiger partial charge in [0.25, 0.3) is 0 Å². The van der Waals surface area contributed by atoms with E-state index in [1.54, 1.807) is 11.3 Å². The number of amides is 2. The number of carbonyl (C=O) groups is 1. The van der Waals surface area contributed by atoms with Crippen LogP contribution in [0.5, 0.6) is 5.75 Å². The van der Waals surface area contributed by atoms with Crippen LogP contribution >= 0.6 is 11.3 Å². The number of hydrogen-bond donors (Lipinski definition) is 2. The Balaban J connectivity index is 1.69. The minimum absolute atomic E-state index is 0.256. The first-order valence-electron chi connectivity index (χ1n) is 7.59. The zero-order valence-electron chi connectivity index (χ0n) is 13.1. The van der Waals surface area contributed by atoms with Crippen LogP contribution in [0.4, 0.5) is 16.3 Å². The Morgan fingerprint density at radius 2 is 1.96 bits per heavy atom. The molecule has 23 heavy (non-hydrogen) atoms. The van der Waals surface area contributed by atoms with Gasteiger partial charge in [-0.2, -0.15) is 0 Å². The molecule has 3 rings (SSSR count). The summed E-state index contributed by atoms with van der Waals surface area (Å²) >= 11 is 1.67. The molecule has 2 amide bonds. The number of ether oxygens (including phenoxy) is 1. The molecule has 2 aromatic heterocycles. The normalized spacial score (nSPS) is 10.7. The number of hydrogen-bond acceptors (Lipinski definition) is 3. The third-order valence-corrected chi connectivity index (χ3v) is 4.36. The van der Waals surface area contributed by atoms with E-state index in [-0.39, 0.29) is 6.03 Å². The standard InChI is InChI=1S/C17H19N3O2S/c1-3-20-14-9-10-23-15(14)11-16(20)19-17(21)18-12-5-7-13(8-6-12)22-4-2/h5-11H,3-4H2,1-2H3,(H2,18,19,21). The van der Waals surface area contributed by atoms with Crippen molar-refractivity contribution in [3.8, 4) is 5.75 Å². The highest BCUT2D eigenvalue weighted by atomic mass is 32.1. The minimum atomic E-state index is -0.256. The van der Waals surface area contributed by atoms with E-state index in [0.717, 1.165) is 29.3 Å². The molecule has 0 aliphatic rings. The van der Waals surface area contributed by atoms with E-state index >= 15 is 0 Å². The lowest BCUT2D eigenvalue weighted by Gasteiger charge is -2.11. The van der Waals surface area contributed by atoms with Gasteiger partial charge in [0, 0.05) is 12.2 Å². The number of rotatable bonds is 5. The molecular weight excluding hydrogens is 310 g/mol. The van der Waals surface area contributed by atoms with Gasteiger partial charge in [0.15, 0.2) is 0 Å². The second-order valence-electron chi connectivity index (χ2n) is 4.98. The first-order chi connectivity index (χ1) is 11.2. The molecule has 1 aromatic carbocycles. The molecule has 0 unspecified atom stereocenters. The molecule has 0 saturated carbocycles. The van der Waals surface area contributed by atoms with Crippen LogP contribution in [0.3, 0.4) is 0 Å². The highest BCUT2D eigenvalue weighted by Crippen LogP contribution is 2.28. The molecule has 2 heterocycles. The molecule has 5 nitrogen and oxygen atoms in total.